The van der Waals surface area contributed by atoms with Crippen molar-refractivity contribution in [3.05, 3.63) is 53.4 Å². The number of aromatic amines is 1. The number of carbonyl (C=O) groups excluding carboxylic acids is 2. The summed E-state index contributed by atoms with van der Waals surface area (Å²) in [6.45, 7) is 6.40. The van der Waals surface area contributed by atoms with Crippen molar-refractivity contribution in [2.45, 2.75) is 51.7 Å². The minimum atomic E-state index is -1.02. The lowest BCUT2D eigenvalue weighted by molar-refractivity contribution is -0.161. The molecule has 188 valence electrons. The molecule has 1 aliphatic heterocycles. The zero-order chi connectivity index (χ0) is 25.9. The van der Waals surface area contributed by atoms with E-state index < -0.39 is 23.0 Å². The summed E-state index contributed by atoms with van der Waals surface area (Å²) in [7, 11) is 0. The van der Waals surface area contributed by atoms with Crippen molar-refractivity contribution in [1.82, 2.24) is 20.3 Å². The topological polar surface area (TPSA) is 124 Å². The first kappa shape index (κ1) is 25.5. The molecule has 3 heterocycles. The van der Waals surface area contributed by atoms with Crippen molar-refractivity contribution in [3.8, 4) is 6.07 Å². The number of ether oxygens (including phenoxy) is 1. The van der Waals surface area contributed by atoms with Crippen molar-refractivity contribution in [3.63, 3.8) is 0 Å². The summed E-state index contributed by atoms with van der Waals surface area (Å²) in [6.07, 6.45) is 4.03. The number of hydrogen-bond acceptors (Lipinski definition) is 7. The Morgan fingerprint density at radius 2 is 1.92 bits per heavy atom. The van der Waals surface area contributed by atoms with Crippen LogP contribution in [0.1, 0.15) is 51.6 Å². The number of esters is 1. The predicted molar refractivity (Wildman–Crippen MR) is 136 cm³/mol. The third kappa shape index (κ3) is 5.60. The second-order valence-electron chi connectivity index (χ2n) is 10.1. The van der Waals surface area contributed by atoms with Crippen LogP contribution in [0.5, 0.6) is 0 Å². The SMILES string of the molecule is CC(C)(C)OC(=O)CC1(C(=O)NC(C#N)c2ccc(Cl)cc2)CCN(c2ncnc3[nH]ccc23)CC1. The smallest absolute Gasteiger partial charge is 0.307 e. The number of nitrogens with one attached hydrogen (secondary N) is 2. The van der Waals surface area contributed by atoms with E-state index in [1.165, 1.54) is 6.33 Å². The Labute approximate surface area is 214 Å². The lowest BCUT2D eigenvalue weighted by Crippen LogP contribution is -2.51. The van der Waals surface area contributed by atoms with E-state index in [1.807, 2.05) is 12.3 Å². The maximum Gasteiger partial charge on any atom is 0.307 e. The first-order valence-corrected chi connectivity index (χ1v) is 12.2. The summed E-state index contributed by atoms with van der Waals surface area (Å²) in [4.78, 5) is 40.5. The highest BCUT2D eigenvalue weighted by molar-refractivity contribution is 6.30. The largest absolute Gasteiger partial charge is 0.460 e. The predicted octanol–water partition coefficient (Wildman–Crippen LogP) is 4.31. The van der Waals surface area contributed by atoms with E-state index in [0.717, 1.165) is 16.9 Å². The summed E-state index contributed by atoms with van der Waals surface area (Å²) in [5.41, 5.74) is -0.335. The maximum absolute atomic E-state index is 13.7. The number of H-pyrrole nitrogens is 1. The number of aromatic nitrogens is 3. The van der Waals surface area contributed by atoms with Crippen LogP contribution >= 0.6 is 11.6 Å². The molecule has 1 atom stereocenters. The van der Waals surface area contributed by atoms with Crippen molar-refractivity contribution >= 4 is 40.3 Å². The van der Waals surface area contributed by atoms with Crippen LogP contribution in [-0.2, 0) is 14.3 Å². The molecule has 2 N–H and O–H groups in total. The fourth-order valence-corrected chi connectivity index (χ4v) is 4.65. The first-order chi connectivity index (χ1) is 17.1. The Kier molecular flexibility index (Phi) is 7.18. The maximum atomic E-state index is 13.7. The van der Waals surface area contributed by atoms with Gasteiger partial charge in [-0.15, -0.1) is 0 Å². The van der Waals surface area contributed by atoms with E-state index in [-0.39, 0.29) is 12.3 Å². The van der Waals surface area contributed by atoms with Gasteiger partial charge in [-0.1, -0.05) is 23.7 Å². The normalized spacial score (nSPS) is 16.2. The number of hydrogen-bond donors (Lipinski definition) is 2. The molecule has 2 aromatic heterocycles. The highest BCUT2D eigenvalue weighted by Gasteiger charge is 2.45. The van der Waals surface area contributed by atoms with Gasteiger partial charge in [0.15, 0.2) is 0 Å². The monoisotopic (exact) mass is 508 g/mol. The van der Waals surface area contributed by atoms with Crippen molar-refractivity contribution in [1.29, 1.82) is 5.26 Å². The van der Waals surface area contributed by atoms with Gasteiger partial charge in [0.1, 0.15) is 29.4 Å². The van der Waals surface area contributed by atoms with E-state index in [1.54, 1.807) is 45.0 Å². The molecule has 1 unspecified atom stereocenters. The molecule has 10 heteroatoms. The molecule has 0 spiro atoms. The van der Waals surface area contributed by atoms with Gasteiger partial charge in [-0.3, -0.25) is 9.59 Å². The summed E-state index contributed by atoms with van der Waals surface area (Å²) >= 11 is 5.98. The van der Waals surface area contributed by atoms with Crippen LogP contribution in [0.4, 0.5) is 5.82 Å². The third-order valence-corrected chi connectivity index (χ3v) is 6.60. The zero-order valence-electron chi connectivity index (χ0n) is 20.5. The molecule has 0 radical (unpaired) electrons. The second-order valence-corrected chi connectivity index (χ2v) is 10.5. The van der Waals surface area contributed by atoms with E-state index >= 15 is 0 Å². The lowest BCUT2D eigenvalue weighted by Gasteiger charge is -2.41. The molecule has 1 aliphatic rings. The van der Waals surface area contributed by atoms with Gasteiger partial charge in [-0.25, -0.2) is 9.97 Å². The highest BCUT2D eigenvalue weighted by Crippen LogP contribution is 2.39. The number of fused-ring (bicyclic) bond motifs is 1. The number of rotatable bonds is 6. The minimum Gasteiger partial charge on any atom is -0.460 e. The van der Waals surface area contributed by atoms with Crippen LogP contribution in [0, 0.1) is 16.7 Å². The van der Waals surface area contributed by atoms with E-state index in [4.69, 9.17) is 16.3 Å². The average molecular weight is 509 g/mol. The van der Waals surface area contributed by atoms with Crippen molar-refractivity contribution in [2.75, 3.05) is 18.0 Å². The lowest BCUT2D eigenvalue weighted by atomic mass is 9.74. The number of piperidine rings is 1. The number of nitrogens with zero attached hydrogens (tertiary/aromatic N) is 4. The van der Waals surface area contributed by atoms with E-state index in [9.17, 15) is 14.9 Å². The van der Waals surface area contributed by atoms with E-state index in [2.05, 4.69) is 31.2 Å². The number of carbonyl (C=O) groups is 2. The van der Waals surface area contributed by atoms with Gasteiger partial charge in [0, 0.05) is 24.3 Å². The van der Waals surface area contributed by atoms with Crippen LogP contribution in [0.25, 0.3) is 11.0 Å². The van der Waals surface area contributed by atoms with Crippen molar-refractivity contribution in [2.24, 2.45) is 5.41 Å². The summed E-state index contributed by atoms with van der Waals surface area (Å²) in [5.74, 6) is -0.00579. The standard InChI is InChI=1S/C26H29ClN6O3/c1-25(2,3)36-21(34)14-26(24(35)32-20(15-28)17-4-6-18(27)7-5-17)9-12-33(13-10-26)23-19-8-11-29-22(19)30-16-31-23/h4-8,11,16,20H,9-10,12-14H2,1-3H3,(H,32,35)(H,29,30,31). The average Bonchev–Trinajstić information content (AvgIpc) is 3.31. The number of amides is 1. The van der Waals surface area contributed by atoms with Gasteiger partial charge in [-0.05, 0) is 57.4 Å². The van der Waals surface area contributed by atoms with Gasteiger partial charge in [0.25, 0.3) is 0 Å². The summed E-state index contributed by atoms with van der Waals surface area (Å²) in [6, 6.07) is 9.95. The molecule has 1 aromatic carbocycles. The van der Waals surface area contributed by atoms with Crippen LogP contribution in [-0.4, -0.2) is 45.5 Å². The Morgan fingerprint density at radius 3 is 2.56 bits per heavy atom. The molecular formula is C26H29ClN6O3. The fourth-order valence-electron chi connectivity index (χ4n) is 4.52. The molecule has 1 amide bonds. The van der Waals surface area contributed by atoms with Crippen LogP contribution in [0.3, 0.4) is 0 Å². The second kappa shape index (κ2) is 10.2. The Balaban J connectivity index is 1.57. The van der Waals surface area contributed by atoms with Gasteiger partial charge in [-0.2, -0.15) is 5.26 Å². The quantitative estimate of drug-likeness (QED) is 0.475. The van der Waals surface area contributed by atoms with Gasteiger partial charge >= 0.3 is 5.97 Å². The van der Waals surface area contributed by atoms with Crippen LogP contribution < -0.4 is 10.2 Å². The third-order valence-electron chi connectivity index (χ3n) is 6.35. The fraction of sp³-hybridized carbons (Fsp3) is 0.423. The Morgan fingerprint density at radius 1 is 1.22 bits per heavy atom. The minimum absolute atomic E-state index is 0.0773. The van der Waals surface area contributed by atoms with Crippen LogP contribution in [0.2, 0.25) is 5.02 Å². The molecule has 36 heavy (non-hydrogen) atoms. The molecular weight excluding hydrogens is 480 g/mol. The molecule has 9 nitrogen and oxygen atoms in total. The Bertz CT molecular complexity index is 1280. The summed E-state index contributed by atoms with van der Waals surface area (Å²) in [5, 5.41) is 14.1. The van der Waals surface area contributed by atoms with Crippen LogP contribution in [0.15, 0.2) is 42.9 Å². The molecule has 0 aliphatic carbocycles. The number of halogens is 1. The Hall–Kier alpha value is -3.64. The zero-order valence-corrected chi connectivity index (χ0v) is 21.3. The number of nitriles is 1. The van der Waals surface area contributed by atoms with Gasteiger partial charge < -0.3 is 19.9 Å². The number of anilines is 1. The van der Waals surface area contributed by atoms with Crippen molar-refractivity contribution < 1.29 is 14.3 Å². The van der Waals surface area contributed by atoms with E-state index in [0.29, 0.717) is 36.5 Å². The molecule has 1 fully saturated rings. The first-order valence-electron chi connectivity index (χ1n) is 11.8. The van der Waals surface area contributed by atoms with Gasteiger partial charge in [0.05, 0.1) is 23.3 Å². The number of benzene rings is 1. The van der Waals surface area contributed by atoms with Gasteiger partial charge in [0.2, 0.25) is 5.91 Å². The summed E-state index contributed by atoms with van der Waals surface area (Å²) < 4.78 is 5.57. The molecule has 4 rings (SSSR count). The highest BCUT2D eigenvalue weighted by atomic mass is 35.5. The molecule has 0 bridgehead atoms. The molecule has 1 saturated heterocycles. The molecule has 3 aromatic rings. The molecule has 0 saturated carbocycles.